The molecule has 2 fully saturated rings. The molecule has 0 saturated carbocycles. The van der Waals surface area contributed by atoms with Crippen molar-refractivity contribution in [2.24, 2.45) is 5.92 Å². The molecule has 2 aromatic heterocycles. The number of piperidine rings is 1. The number of aryl methyl sites for hydroxylation is 2. The van der Waals surface area contributed by atoms with Crippen molar-refractivity contribution in [1.29, 1.82) is 0 Å². The minimum atomic E-state index is -4.32. The highest BCUT2D eigenvalue weighted by atomic mass is 19.4. The summed E-state index contributed by atoms with van der Waals surface area (Å²) in [6.07, 6.45) is -1.88. The Kier molecular flexibility index (Phi) is 8.60. The number of fused-ring (bicyclic) bond motifs is 1. The van der Waals surface area contributed by atoms with E-state index in [2.05, 4.69) is 59.0 Å². The number of carbonyl (C=O) groups excluding carboxylic acids is 1. The van der Waals surface area contributed by atoms with Crippen molar-refractivity contribution >= 4 is 17.2 Å². The van der Waals surface area contributed by atoms with E-state index in [1.807, 2.05) is 13.8 Å². The quantitative estimate of drug-likeness (QED) is 0.327. The molecule has 4 heterocycles. The number of aromatic amines is 1. The van der Waals surface area contributed by atoms with Gasteiger partial charge in [0.05, 0.1) is 24.3 Å². The third-order valence-electron chi connectivity index (χ3n) is 9.03. The number of nitrogens with zero attached hydrogens (tertiary/aromatic N) is 3. The summed E-state index contributed by atoms with van der Waals surface area (Å²) in [5, 5.41) is 10.9. The van der Waals surface area contributed by atoms with Gasteiger partial charge in [-0.3, -0.25) is 9.88 Å². The van der Waals surface area contributed by atoms with Crippen LogP contribution in [0.5, 0.6) is 0 Å². The van der Waals surface area contributed by atoms with E-state index in [-0.39, 0.29) is 19.6 Å². The molecular formula is C32H41F3N4O2. The molecule has 1 aromatic carbocycles. The lowest BCUT2D eigenvalue weighted by atomic mass is 9.87. The zero-order valence-electron chi connectivity index (χ0n) is 24.3. The Hall–Kier alpha value is -2.75. The number of aldehydes is 1. The molecule has 2 N–H and O–H groups in total. The molecule has 222 valence electrons. The van der Waals surface area contributed by atoms with Crippen molar-refractivity contribution in [3.63, 3.8) is 0 Å². The number of alkyl halides is 3. The van der Waals surface area contributed by atoms with E-state index >= 15 is 0 Å². The van der Waals surface area contributed by atoms with Crippen molar-refractivity contribution in [3.8, 4) is 11.3 Å². The predicted octanol–water partition coefficient (Wildman–Crippen LogP) is 5.96. The molecule has 0 bridgehead atoms. The lowest BCUT2D eigenvalue weighted by Crippen LogP contribution is -2.50. The number of halogens is 3. The number of aromatic nitrogens is 2. The van der Waals surface area contributed by atoms with E-state index < -0.39 is 24.2 Å². The van der Waals surface area contributed by atoms with E-state index in [1.165, 1.54) is 16.5 Å². The maximum absolute atomic E-state index is 13.3. The second-order valence-electron chi connectivity index (χ2n) is 12.3. The van der Waals surface area contributed by atoms with Crippen molar-refractivity contribution in [3.05, 3.63) is 52.8 Å². The maximum Gasteiger partial charge on any atom is 0.393 e. The van der Waals surface area contributed by atoms with Gasteiger partial charge in [0.15, 0.2) is 0 Å². The summed E-state index contributed by atoms with van der Waals surface area (Å²) in [4.78, 5) is 23.9. The summed E-state index contributed by atoms with van der Waals surface area (Å²) < 4.78 is 40.0. The number of nitrogens with one attached hydrogen (secondary N) is 1. The fourth-order valence-corrected chi connectivity index (χ4v) is 6.99. The third kappa shape index (κ3) is 6.22. The van der Waals surface area contributed by atoms with Gasteiger partial charge < -0.3 is 19.8 Å². The lowest BCUT2D eigenvalue weighted by Gasteiger charge is -2.37. The number of aliphatic hydroxyl groups is 1. The predicted molar refractivity (Wildman–Crippen MR) is 155 cm³/mol. The Bertz CT molecular complexity index is 1360. The first-order valence-electron chi connectivity index (χ1n) is 14.7. The summed E-state index contributed by atoms with van der Waals surface area (Å²) in [5.74, 6) is -0.796. The van der Waals surface area contributed by atoms with E-state index in [0.29, 0.717) is 18.4 Å². The Labute approximate surface area is 239 Å². The van der Waals surface area contributed by atoms with Crippen LogP contribution in [0.4, 0.5) is 13.2 Å². The van der Waals surface area contributed by atoms with Gasteiger partial charge in [-0.25, -0.2) is 0 Å². The monoisotopic (exact) mass is 570 g/mol. The molecule has 0 radical (unpaired) electrons. The van der Waals surface area contributed by atoms with Crippen LogP contribution >= 0.6 is 0 Å². The van der Waals surface area contributed by atoms with Gasteiger partial charge in [-0.05, 0) is 93.4 Å². The average molecular weight is 571 g/mol. The molecule has 2 aliphatic heterocycles. The normalized spacial score (nSPS) is 22.2. The minimum absolute atomic E-state index is 0.158. The van der Waals surface area contributed by atoms with Crippen LogP contribution in [0.3, 0.4) is 0 Å². The molecular weight excluding hydrogens is 529 g/mol. The minimum Gasteiger partial charge on any atom is -0.395 e. The number of carbonyl (C=O) groups is 1. The Morgan fingerprint density at radius 2 is 1.80 bits per heavy atom. The SMILES string of the molecule is Cc1cc(-c2[nH]c3ccc(C4CCN(CC(C=O)N5C[C@@H](C(F)(F)F)C[C@H]5CO)CC4)cc3c2C(C)C)cc(C)n1. The van der Waals surface area contributed by atoms with E-state index in [0.717, 1.165) is 60.4 Å². The number of rotatable bonds is 8. The second-order valence-corrected chi connectivity index (χ2v) is 12.3. The Morgan fingerprint density at radius 3 is 2.39 bits per heavy atom. The molecule has 2 aliphatic rings. The van der Waals surface area contributed by atoms with Gasteiger partial charge >= 0.3 is 6.18 Å². The highest BCUT2D eigenvalue weighted by molar-refractivity contribution is 5.92. The number of likely N-dealkylation sites (tertiary alicyclic amines) is 2. The highest BCUT2D eigenvalue weighted by Crippen LogP contribution is 2.40. The topological polar surface area (TPSA) is 72.5 Å². The molecule has 41 heavy (non-hydrogen) atoms. The fraction of sp³-hybridized carbons (Fsp3) is 0.562. The fourth-order valence-electron chi connectivity index (χ4n) is 6.99. The van der Waals surface area contributed by atoms with Crippen molar-refractivity contribution < 1.29 is 23.1 Å². The van der Waals surface area contributed by atoms with Gasteiger partial charge in [0.1, 0.15) is 6.29 Å². The van der Waals surface area contributed by atoms with Gasteiger partial charge in [-0.1, -0.05) is 19.9 Å². The van der Waals surface area contributed by atoms with Crippen molar-refractivity contribution in [1.82, 2.24) is 19.8 Å². The highest BCUT2D eigenvalue weighted by Gasteiger charge is 2.49. The second kappa shape index (κ2) is 11.9. The standard InChI is InChI=1S/C32H41F3N4O2/c1-19(2)30-28-13-23(5-6-29(28)37-31(30)24-11-20(3)36-21(4)12-24)22-7-9-38(10-8-22)16-27(18-41)39-15-25(32(33,34)35)14-26(39)17-40/h5-6,11-13,18-19,22,25-27,37,40H,7-10,14-17H2,1-4H3/t25-,26-,27?/m0/s1. The third-order valence-corrected chi connectivity index (χ3v) is 9.03. The number of benzene rings is 1. The molecule has 1 unspecified atom stereocenters. The van der Waals surface area contributed by atoms with Crippen LogP contribution in [-0.4, -0.2) is 82.2 Å². The number of H-pyrrole nitrogens is 1. The van der Waals surface area contributed by atoms with Crippen molar-refractivity contribution in [2.45, 2.75) is 77.1 Å². The Morgan fingerprint density at radius 1 is 1.12 bits per heavy atom. The van der Waals surface area contributed by atoms with Gasteiger partial charge in [-0.2, -0.15) is 13.2 Å². The van der Waals surface area contributed by atoms with Crippen LogP contribution in [0.15, 0.2) is 30.3 Å². The number of aliphatic hydroxyl groups excluding tert-OH is 1. The molecule has 9 heteroatoms. The van der Waals surface area contributed by atoms with Crippen molar-refractivity contribution in [2.75, 3.05) is 32.8 Å². The van der Waals surface area contributed by atoms with Gasteiger partial charge in [-0.15, -0.1) is 0 Å². The molecule has 2 saturated heterocycles. The summed E-state index contributed by atoms with van der Waals surface area (Å²) >= 11 is 0. The summed E-state index contributed by atoms with van der Waals surface area (Å²) in [5.41, 5.74) is 8.01. The molecule has 3 atom stereocenters. The molecule has 3 aromatic rings. The maximum atomic E-state index is 13.3. The van der Waals surface area contributed by atoms with Crippen LogP contribution in [0.2, 0.25) is 0 Å². The molecule has 0 amide bonds. The van der Waals surface area contributed by atoms with Gasteiger partial charge in [0, 0.05) is 47.0 Å². The largest absolute Gasteiger partial charge is 0.395 e. The first-order chi connectivity index (χ1) is 19.5. The van der Waals surface area contributed by atoms with Crippen LogP contribution < -0.4 is 0 Å². The average Bonchev–Trinajstić information content (AvgIpc) is 3.53. The molecule has 0 spiro atoms. The zero-order chi connectivity index (χ0) is 29.5. The zero-order valence-corrected chi connectivity index (χ0v) is 24.3. The molecule has 6 nitrogen and oxygen atoms in total. The van der Waals surface area contributed by atoms with E-state index in [4.69, 9.17) is 0 Å². The first kappa shape index (κ1) is 29.7. The van der Waals surface area contributed by atoms with Gasteiger partial charge in [0.25, 0.3) is 0 Å². The van der Waals surface area contributed by atoms with Crippen LogP contribution in [0.1, 0.15) is 67.5 Å². The molecule has 5 rings (SSSR count). The first-order valence-corrected chi connectivity index (χ1v) is 14.7. The van der Waals surface area contributed by atoms with Crippen LogP contribution in [-0.2, 0) is 4.79 Å². The van der Waals surface area contributed by atoms with Gasteiger partial charge in [0.2, 0.25) is 0 Å². The number of hydrogen-bond acceptors (Lipinski definition) is 5. The number of pyridine rings is 1. The summed E-state index contributed by atoms with van der Waals surface area (Å²) in [7, 11) is 0. The number of hydrogen-bond donors (Lipinski definition) is 2. The van der Waals surface area contributed by atoms with Crippen LogP contribution in [0, 0.1) is 19.8 Å². The smallest absolute Gasteiger partial charge is 0.393 e. The van der Waals surface area contributed by atoms with E-state index in [1.54, 1.807) is 4.90 Å². The summed E-state index contributed by atoms with van der Waals surface area (Å²) in [6.45, 7) is 9.82. The van der Waals surface area contributed by atoms with E-state index in [9.17, 15) is 23.1 Å². The Balaban J connectivity index is 1.30. The van der Waals surface area contributed by atoms with Crippen LogP contribution in [0.25, 0.3) is 22.2 Å². The molecule has 0 aliphatic carbocycles. The lowest BCUT2D eigenvalue weighted by molar-refractivity contribution is -0.171. The summed E-state index contributed by atoms with van der Waals surface area (Å²) in [6, 6.07) is 9.67.